The second-order valence-corrected chi connectivity index (χ2v) is 2.21. The van der Waals surface area contributed by atoms with Crippen molar-refractivity contribution < 1.29 is 0 Å². The van der Waals surface area contributed by atoms with Crippen molar-refractivity contribution in [3.63, 3.8) is 0 Å². The zero-order valence-corrected chi connectivity index (χ0v) is 9.89. The molecular weight excluding hydrogens is 170 g/mol. The summed E-state index contributed by atoms with van der Waals surface area (Å²) < 4.78 is 0. The van der Waals surface area contributed by atoms with Crippen LogP contribution in [0.25, 0.3) is 12.2 Å². The Bertz CT molecular complexity index is 321. The van der Waals surface area contributed by atoms with Crippen LogP contribution in [0, 0.1) is 12.3 Å². The van der Waals surface area contributed by atoms with Gasteiger partial charge in [0.25, 0.3) is 0 Å². The van der Waals surface area contributed by atoms with Gasteiger partial charge in [0.15, 0.2) is 0 Å². The third-order valence-electron chi connectivity index (χ3n) is 1.41. The van der Waals surface area contributed by atoms with Gasteiger partial charge >= 0.3 is 0 Å². The van der Waals surface area contributed by atoms with E-state index < -0.39 is 0 Å². The molecule has 0 saturated carbocycles. The summed E-state index contributed by atoms with van der Waals surface area (Å²) in [5.74, 6) is 2.25. The molecule has 0 unspecified atom stereocenters. The van der Waals surface area contributed by atoms with Crippen molar-refractivity contribution >= 4 is 12.2 Å². The highest BCUT2D eigenvalue weighted by molar-refractivity contribution is 5.25. The van der Waals surface area contributed by atoms with Crippen LogP contribution in [0.1, 0.15) is 34.6 Å². The van der Waals surface area contributed by atoms with Crippen molar-refractivity contribution in [1.82, 2.24) is 4.98 Å². The molecule has 14 heavy (non-hydrogen) atoms. The Balaban J connectivity index is 0. The van der Waals surface area contributed by atoms with Crippen molar-refractivity contribution in [2.45, 2.75) is 34.6 Å². The number of terminal acetylenes is 1. The van der Waals surface area contributed by atoms with E-state index in [1.54, 1.807) is 6.92 Å². The molecule has 1 heteroatoms. The fourth-order valence-electron chi connectivity index (χ4n) is 0.896. The van der Waals surface area contributed by atoms with E-state index in [1.807, 2.05) is 33.9 Å². The minimum absolute atomic E-state index is 1.21. The van der Waals surface area contributed by atoms with Gasteiger partial charge in [-0.25, -0.2) is 0 Å². The number of aromatic nitrogens is 1. The molecule has 0 atom stereocenters. The fraction of sp³-hybridized carbons (Fsp3) is 0.385. The molecule has 0 radical (unpaired) electrons. The smallest absolute Gasteiger partial charge is 0.0407 e. The van der Waals surface area contributed by atoms with Crippen LogP contribution < -0.4 is 10.6 Å². The zero-order chi connectivity index (χ0) is 11.4. The van der Waals surface area contributed by atoms with E-state index >= 15 is 0 Å². The van der Waals surface area contributed by atoms with Gasteiger partial charge in [-0.2, -0.15) is 0 Å². The summed E-state index contributed by atoms with van der Waals surface area (Å²) in [6.45, 7) is 9.72. The largest absolute Gasteiger partial charge is 0.361 e. The molecule has 0 aliphatic rings. The first-order chi connectivity index (χ1) is 6.79. The van der Waals surface area contributed by atoms with Gasteiger partial charge in [-0.3, -0.25) is 0 Å². The van der Waals surface area contributed by atoms with Crippen LogP contribution >= 0.6 is 0 Å². The molecule has 1 aromatic heterocycles. The predicted molar refractivity (Wildman–Crippen MR) is 66.2 cm³/mol. The second-order valence-electron chi connectivity index (χ2n) is 2.21. The van der Waals surface area contributed by atoms with Gasteiger partial charge in [-0.05, 0) is 32.1 Å². The van der Waals surface area contributed by atoms with Crippen molar-refractivity contribution in [2.75, 3.05) is 0 Å². The topological polar surface area (TPSA) is 15.8 Å². The summed E-state index contributed by atoms with van der Waals surface area (Å²) in [6, 6.07) is 2.06. The van der Waals surface area contributed by atoms with Crippen LogP contribution in [0.5, 0.6) is 0 Å². The Morgan fingerprint density at radius 1 is 1.29 bits per heavy atom. The lowest BCUT2D eigenvalue weighted by molar-refractivity contribution is 1.31. The van der Waals surface area contributed by atoms with Gasteiger partial charge in [0.05, 0.1) is 0 Å². The minimum atomic E-state index is 1.21. The van der Waals surface area contributed by atoms with Gasteiger partial charge in [0.1, 0.15) is 0 Å². The van der Waals surface area contributed by atoms with Crippen LogP contribution in [0.3, 0.4) is 0 Å². The SMILES string of the molecule is C#CC.C/C=c1/cc[nH]/c1=C/C.CC. The molecule has 1 nitrogen and oxygen atoms in total. The van der Waals surface area contributed by atoms with E-state index in [0.717, 1.165) is 0 Å². The lowest BCUT2D eigenvalue weighted by atomic mass is 10.4. The molecule has 0 spiro atoms. The average molecular weight is 191 g/mol. The van der Waals surface area contributed by atoms with Gasteiger partial charge in [0.2, 0.25) is 0 Å². The molecule has 0 amide bonds. The maximum absolute atomic E-state index is 4.60. The van der Waals surface area contributed by atoms with Crippen LogP contribution in [-0.2, 0) is 0 Å². The van der Waals surface area contributed by atoms with Crippen LogP contribution in [0.15, 0.2) is 12.3 Å². The number of hydrogen-bond donors (Lipinski definition) is 1. The van der Waals surface area contributed by atoms with Crippen molar-refractivity contribution in [1.29, 1.82) is 0 Å². The van der Waals surface area contributed by atoms with E-state index in [9.17, 15) is 0 Å². The molecule has 0 aliphatic carbocycles. The van der Waals surface area contributed by atoms with Crippen molar-refractivity contribution in [3.05, 3.63) is 22.8 Å². The average Bonchev–Trinajstić information content (AvgIpc) is 2.69. The Morgan fingerprint density at radius 2 is 1.79 bits per heavy atom. The Hall–Kier alpha value is -1.42. The quantitative estimate of drug-likeness (QED) is 0.606. The predicted octanol–water partition coefficient (Wildman–Crippen LogP) is 2.28. The normalized spacial score (nSPS) is 10.6. The molecule has 1 rings (SSSR count). The zero-order valence-electron chi connectivity index (χ0n) is 9.89. The van der Waals surface area contributed by atoms with Gasteiger partial charge in [-0.1, -0.05) is 26.0 Å². The highest BCUT2D eigenvalue weighted by Gasteiger charge is 1.78. The molecule has 0 fully saturated rings. The van der Waals surface area contributed by atoms with Gasteiger partial charge in [0, 0.05) is 11.5 Å². The monoisotopic (exact) mass is 191 g/mol. The summed E-state index contributed by atoms with van der Waals surface area (Å²) in [5.41, 5.74) is 0. The Morgan fingerprint density at radius 3 is 2.07 bits per heavy atom. The number of hydrogen-bond acceptors (Lipinski definition) is 0. The first-order valence-electron chi connectivity index (χ1n) is 4.93. The lowest BCUT2D eigenvalue weighted by Gasteiger charge is -1.72. The summed E-state index contributed by atoms with van der Waals surface area (Å²) >= 11 is 0. The summed E-state index contributed by atoms with van der Waals surface area (Å²) in [5, 5.41) is 2.48. The molecule has 0 aliphatic heterocycles. The third kappa shape index (κ3) is 6.14. The van der Waals surface area contributed by atoms with Crippen LogP contribution in [0.2, 0.25) is 0 Å². The molecule has 1 N–H and O–H groups in total. The molecule has 78 valence electrons. The molecule has 0 aromatic carbocycles. The molecule has 0 bridgehead atoms. The molecular formula is C13H21N. The van der Waals surface area contributed by atoms with Crippen molar-refractivity contribution in [2.24, 2.45) is 0 Å². The maximum atomic E-state index is 4.60. The summed E-state index contributed by atoms with van der Waals surface area (Å²) in [6.07, 6.45) is 10.7. The number of nitrogens with one attached hydrogen (secondary N) is 1. The van der Waals surface area contributed by atoms with Gasteiger partial charge < -0.3 is 4.98 Å². The van der Waals surface area contributed by atoms with E-state index in [-0.39, 0.29) is 0 Å². The van der Waals surface area contributed by atoms with Crippen LogP contribution in [-0.4, -0.2) is 4.98 Å². The highest BCUT2D eigenvalue weighted by atomic mass is 14.6. The van der Waals surface area contributed by atoms with E-state index in [0.29, 0.717) is 0 Å². The minimum Gasteiger partial charge on any atom is -0.361 e. The number of rotatable bonds is 0. The maximum Gasteiger partial charge on any atom is 0.0407 e. The third-order valence-corrected chi connectivity index (χ3v) is 1.41. The molecule has 0 saturated heterocycles. The Kier molecular flexibility index (Phi) is 12.5. The molecule has 1 heterocycles. The lowest BCUT2D eigenvalue weighted by Crippen LogP contribution is -2.20. The highest BCUT2D eigenvalue weighted by Crippen LogP contribution is 1.63. The van der Waals surface area contributed by atoms with E-state index in [2.05, 4.69) is 35.5 Å². The van der Waals surface area contributed by atoms with Gasteiger partial charge in [-0.15, -0.1) is 12.3 Å². The van der Waals surface area contributed by atoms with E-state index in [1.165, 1.54) is 10.6 Å². The molecule has 1 aromatic rings. The number of aromatic amines is 1. The first kappa shape index (κ1) is 15.1. The fourth-order valence-corrected chi connectivity index (χ4v) is 0.896. The van der Waals surface area contributed by atoms with E-state index in [4.69, 9.17) is 0 Å². The second kappa shape index (κ2) is 11.6. The Labute approximate surface area is 87.6 Å². The standard InChI is InChI=1S/C8H11N.C3H4.C2H6/c1-3-7-5-6-9-8(7)4-2;1-3-2;1-2/h3-6,9H,1-2H3;1H,2H3;1-2H3/b7-3-,8-4+;;. The van der Waals surface area contributed by atoms with Crippen molar-refractivity contribution in [3.8, 4) is 12.3 Å². The first-order valence-corrected chi connectivity index (χ1v) is 4.93. The summed E-state index contributed by atoms with van der Waals surface area (Å²) in [4.78, 5) is 3.12. The number of H-pyrrole nitrogens is 1. The van der Waals surface area contributed by atoms with Crippen LogP contribution in [0.4, 0.5) is 0 Å². The summed E-state index contributed by atoms with van der Waals surface area (Å²) in [7, 11) is 0.